The van der Waals surface area contributed by atoms with Gasteiger partial charge in [0.1, 0.15) is 9.88 Å². The fourth-order valence-electron chi connectivity index (χ4n) is 2.55. The lowest BCUT2D eigenvalue weighted by Gasteiger charge is -2.09. The van der Waals surface area contributed by atoms with Crippen molar-refractivity contribution in [2.24, 2.45) is 0 Å². The molecule has 3 rings (SSSR count). The molecule has 0 spiro atoms. The second kappa shape index (κ2) is 9.11. The highest BCUT2D eigenvalue weighted by atomic mass is 32.1. The van der Waals surface area contributed by atoms with E-state index in [1.165, 1.54) is 24.5 Å². The number of hydrogen-bond donors (Lipinski definition) is 1. The van der Waals surface area contributed by atoms with Crippen molar-refractivity contribution in [1.29, 1.82) is 0 Å². The van der Waals surface area contributed by atoms with Gasteiger partial charge in [0.05, 0.1) is 24.1 Å². The Labute approximate surface area is 171 Å². The average Bonchev–Trinajstić information content (AvgIpc) is 3.14. The van der Waals surface area contributed by atoms with Gasteiger partial charge in [-0.25, -0.2) is 14.6 Å². The monoisotopic (exact) mass is 410 g/mol. The molecule has 0 aliphatic carbocycles. The number of ether oxygens (including phenoxy) is 2. The van der Waals surface area contributed by atoms with Crippen LogP contribution in [0, 0.1) is 6.92 Å². The van der Waals surface area contributed by atoms with Crippen molar-refractivity contribution >= 4 is 34.9 Å². The molecule has 0 atom stereocenters. The van der Waals surface area contributed by atoms with Gasteiger partial charge in [-0.1, -0.05) is 42.5 Å². The van der Waals surface area contributed by atoms with Crippen molar-refractivity contribution in [3.05, 3.63) is 70.7 Å². The Hall–Kier alpha value is -3.52. The first-order valence-electron chi connectivity index (χ1n) is 8.66. The van der Waals surface area contributed by atoms with Gasteiger partial charge in [0.2, 0.25) is 0 Å². The number of amides is 1. The van der Waals surface area contributed by atoms with E-state index in [4.69, 9.17) is 4.74 Å². The molecule has 1 heterocycles. The van der Waals surface area contributed by atoms with Crippen molar-refractivity contribution in [3.8, 4) is 10.6 Å². The van der Waals surface area contributed by atoms with E-state index in [-0.39, 0.29) is 11.3 Å². The highest BCUT2D eigenvalue weighted by molar-refractivity contribution is 7.17. The number of aryl methyl sites for hydroxylation is 1. The molecule has 0 radical (unpaired) electrons. The summed E-state index contributed by atoms with van der Waals surface area (Å²) in [6, 6.07) is 15.9. The van der Waals surface area contributed by atoms with E-state index in [9.17, 15) is 14.4 Å². The normalized spacial score (nSPS) is 10.3. The van der Waals surface area contributed by atoms with Crippen molar-refractivity contribution in [2.45, 2.75) is 6.92 Å². The van der Waals surface area contributed by atoms with Crippen LogP contribution in [0.1, 0.15) is 25.7 Å². The lowest BCUT2D eigenvalue weighted by Crippen LogP contribution is -2.22. The van der Waals surface area contributed by atoms with Gasteiger partial charge < -0.3 is 14.8 Å². The number of anilines is 1. The third-order valence-electron chi connectivity index (χ3n) is 3.94. The predicted molar refractivity (Wildman–Crippen MR) is 109 cm³/mol. The number of carbonyl (C=O) groups excluding carboxylic acids is 3. The number of carbonyl (C=O) groups is 3. The minimum absolute atomic E-state index is 0.209. The maximum Gasteiger partial charge on any atom is 0.350 e. The Morgan fingerprint density at radius 3 is 2.41 bits per heavy atom. The maximum atomic E-state index is 12.4. The zero-order chi connectivity index (χ0) is 20.8. The summed E-state index contributed by atoms with van der Waals surface area (Å²) < 4.78 is 9.81. The maximum absolute atomic E-state index is 12.4. The van der Waals surface area contributed by atoms with Crippen LogP contribution >= 0.6 is 11.3 Å². The minimum Gasteiger partial charge on any atom is -0.465 e. The van der Waals surface area contributed by atoms with Crippen molar-refractivity contribution < 1.29 is 23.9 Å². The van der Waals surface area contributed by atoms with E-state index in [1.54, 1.807) is 25.1 Å². The molecule has 148 valence electrons. The van der Waals surface area contributed by atoms with Crippen LogP contribution in [-0.4, -0.2) is 36.5 Å². The van der Waals surface area contributed by atoms with Crippen LogP contribution in [0.4, 0.5) is 5.69 Å². The van der Waals surface area contributed by atoms with Crippen molar-refractivity contribution in [2.75, 3.05) is 19.0 Å². The first-order chi connectivity index (χ1) is 14.0. The number of rotatable bonds is 6. The molecule has 0 bridgehead atoms. The number of hydrogen-bond acceptors (Lipinski definition) is 7. The number of thiazole rings is 1. The third-order valence-corrected chi connectivity index (χ3v) is 5.13. The predicted octanol–water partition coefficient (Wildman–Crippen LogP) is 3.70. The molecule has 1 aromatic heterocycles. The number of nitrogens with one attached hydrogen (secondary N) is 1. The summed E-state index contributed by atoms with van der Waals surface area (Å²) in [6.07, 6.45) is 0. The lowest BCUT2D eigenvalue weighted by atomic mass is 10.2. The van der Waals surface area contributed by atoms with E-state index < -0.39 is 24.5 Å². The number of benzene rings is 2. The zero-order valence-electron chi connectivity index (χ0n) is 15.8. The second-order valence-electron chi connectivity index (χ2n) is 5.96. The standard InChI is InChI=1S/C21H18N2O5S/c1-13-18(29-19(22-13)14-8-4-3-5-9-14)21(26)28-12-17(24)23-16-11-7-6-10-15(16)20(25)27-2/h3-11H,12H2,1-2H3,(H,23,24). The molecule has 0 saturated carbocycles. The highest BCUT2D eigenvalue weighted by Gasteiger charge is 2.19. The Morgan fingerprint density at radius 2 is 1.69 bits per heavy atom. The van der Waals surface area contributed by atoms with Gasteiger partial charge in [0, 0.05) is 5.56 Å². The molecule has 0 unspecified atom stereocenters. The van der Waals surface area contributed by atoms with Crippen LogP contribution in [0.5, 0.6) is 0 Å². The summed E-state index contributed by atoms with van der Waals surface area (Å²) >= 11 is 1.21. The Bertz CT molecular complexity index is 1050. The molecule has 0 aliphatic rings. The Balaban J connectivity index is 1.64. The van der Waals surface area contributed by atoms with E-state index in [2.05, 4.69) is 15.0 Å². The van der Waals surface area contributed by atoms with Crippen LogP contribution in [0.15, 0.2) is 54.6 Å². The molecule has 8 heteroatoms. The molecule has 29 heavy (non-hydrogen) atoms. The van der Waals surface area contributed by atoms with Crippen LogP contribution < -0.4 is 5.32 Å². The largest absolute Gasteiger partial charge is 0.465 e. The second-order valence-corrected chi connectivity index (χ2v) is 6.96. The number of nitrogens with zero attached hydrogens (tertiary/aromatic N) is 1. The van der Waals surface area contributed by atoms with E-state index >= 15 is 0 Å². The van der Waals surface area contributed by atoms with E-state index in [0.29, 0.717) is 15.6 Å². The topological polar surface area (TPSA) is 94.6 Å². The van der Waals surface area contributed by atoms with Gasteiger partial charge in [0.25, 0.3) is 5.91 Å². The molecule has 0 fully saturated rings. The van der Waals surface area contributed by atoms with Crippen molar-refractivity contribution in [1.82, 2.24) is 4.98 Å². The molecule has 1 amide bonds. The van der Waals surface area contributed by atoms with Crippen LogP contribution in [0.3, 0.4) is 0 Å². The first-order valence-corrected chi connectivity index (χ1v) is 9.48. The fraction of sp³-hybridized carbons (Fsp3) is 0.143. The summed E-state index contributed by atoms with van der Waals surface area (Å²) in [4.78, 5) is 41.1. The van der Waals surface area contributed by atoms with Crippen molar-refractivity contribution in [3.63, 3.8) is 0 Å². The smallest absolute Gasteiger partial charge is 0.350 e. The molecule has 1 N–H and O–H groups in total. The first kappa shape index (κ1) is 20.2. The highest BCUT2D eigenvalue weighted by Crippen LogP contribution is 2.28. The summed E-state index contributed by atoms with van der Waals surface area (Å²) in [5, 5.41) is 3.25. The SMILES string of the molecule is COC(=O)c1ccccc1NC(=O)COC(=O)c1sc(-c2ccccc2)nc1C. The molecule has 3 aromatic rings. The summed E-state index contributed by atoms with van der Waals surface area (Å²) in [6.45, 7) is 1.22. The number of aromatic nitrogens is 1. The minimum atomic E-state index is -0.626. The van der Waals surface area contributed by atoms with Crippen LogP contribution in [0.25, 0.3) is 10.6 Å². The number of esters is 2. The van der Waals surface area contributed by atoms with Gasteiger partial charge in [-0.15, -0.1) is 11.3 Å². The van der Waals surface area contributed by atoms with Gasteiger partial charge in [0.15, 0.2) is 6.61 Å². The summed E-state index contributed by atoms with van der Waals surface area (Å²) in [5.41, 5.74) is 1.92. The van der Waals surface area contributed by atoms with Gasteiger partial charge in [-0.3, -0.25) is 4.79 Å². The molecular formula is C21H18N2O5S. The number of methoxy groups -OCH3 is 1. The van der Waals surface area contributed by atoms with Crippen LogP contribution in [0.2, 0.25) is 0 Å². The van der Waals surface area contributed by atoms with Gasteiger partial charge in [-0.05, 0) is 19.1 Å². The Morgan fingerprint density at radius 1 is 1.00 bits per heavy atom. The zero-order valence-corrected chi connectivity index (χ0v) is 16.6. The molecule has 2 aromatic carbocycles. The molecule has 0 saturated heterocycles. The lowest BCUT2D eigenvalue weighted by molar-refractivity contribution is -0.119. The summed E-state index contributed by atoms with van der Waals surface area (Å²) in [7, 11) is 1.25. The van der Waals surface area contributed by atoms with Gasteiger partial charge >= 0.3 is 11.9 Å². The third kappa shape index (κ3) is 4.85. The molecule has 0 aliphatic heterocycles. The Kier molecular flexibility index (Phi) is 6.36. The summed E-state index contributed by atoms with van der Waals surface area (Å²) in [5.74, 6) is -1.77. The van der Waals surface area contributed by atoms with Gasteiger partial charge in [-0.2, -0.15) is 0 Å². The quantitative estimate of drug-likeness (QED) is 0.623. The molecule has 7 nitrogen and oxygen atoms in total. The number of para-hydroxylation sites is 1. The average molecular weight is 410 g/mol. The fourth-order valence-corrected chi connectivity index (χ4v) is 3.52. The molecular weight excluding hydrogens is 392 g/mol. The van der Waals surface area contributed by atoms with E-state index in [0.717, 1.165) is 5.56 Å². The van der Waals surface area contributed by atoms with Crippen LogP contribution in [-0.2, 0) is 14.3 Å². The van der Waals surface area contributed by atoms with E-state index in [1.807, 2.05) is 30.3 Å².